The molecule has 2 saturated heterocycles. The highest BCUT2D eigenvalue weighted by molar-refractivity contribution is 5.91. The van der Waals surface area contributed by atoms with Crippen LogP contribution in [0.25, 0.3) is 22.2 Å². The molecule has 6 rings (SSSR count). The quantitative estimate of drug-likeness (QED) is 0.414. The zero-order valence-corrected chi connectivity index (χ0v) is 17.3. The predicted octanol–water partition coefficient (Wildman–Crippen LogP) is 3.20. The molecule has 0 saturated carbocycles. The van der Waals surface area contributed by atoms with Crippen molar-refractivity contribution in [3.63, 3.8) is 0 Å². The molecule has 156 valence electrons. The van der Waals surface area contributed by atoms with E-state index in [0.29, 0.717) is 18.0 Å². The maximum atomic E-state index is 5.07. The van der Waals surface area contributed by atoms with E-state index in [2.05, 4.69) is 62.3 Å². The Balaban J connectivity index is 1.34. The fourth-order valence-corrected chi connectivity index (χ4v) is 5.08. The Labute approximate surface area is 180 Å². The fraction of sp³-hybridized carbons (Fsp3) is 0.292. The number of nitrogens with one attached hydrogen (secondary N) is 4. The van der Waals surface area contributed by atoms with Crippen molar-refractivity contribution in [1.29, 1.82) is 0 Å². The van der Waals surface area contributed by atoms with E-state index in [4.69, 9.17) is 4.98 Å². The lowest BCUT2D eigenvalue weighted by Gasteiger charge is -2.34. The number of rotatable bonds is 3. The first-order valence-electron chi connectivity index (χ1n) is 10.8. The van der Waals surface area contributed by atoms with Crippen molar-refractivity contribution < 1.29 is 0 Å². The van der Waals surface area contributed by atoms with Gasteiger partial charge in [-0.05, 0) is 54.3 Å². The molecule has 7 heteroatoms. The van der Waals surface area contributed by atoms with Crippen LogP contribution in [0, 0.1) is 12.8 Å². The maximum absolute atomic E-state index is 5.07. The molecule has 2 fully saturated rings. The predicted molar refractivity (Wildman–Crippen MR) is 120 cm³/mol. The Hall–Kier alpha value is -3.13. The number of H-pyrrole nitrogens is 1. The van der Waals surface area contributed by atoms with Crippen LogP contribution in [0.5, 0.6) is 0 Å². The third kappa shape index (κ3) is 3.22. The van der Waals surface area contributed by atoms with Crippen molar-refractivity contribution >= 4 is 11.0 Å². The Morgan fingerprint density at radius 1 is 0.968 bits per heavy atom. The SMILES string of the molecule is Cc1ccncc1C1CC2C(CN1)NNC2c1nc2c(-c3ccncc3)cccc2[nH]1. The summed E-state index contributed by atoms with van der Waals surface area (Å²) < 4.78 is 0. The Kier molecular flexibility index (Phi) is 4.52. The van der Waals surface area contributed by atoms with Crippen molar-refractivity contribution in [1.82, 2.24) is 36.1 Å². The van der Waals surface area contributed by atoms with E-state index < -0.39 is 0 Å². The van der Waals surface area contributed by atoms with Gasteiger partial charge in [-0.3, -0.25) is 15.4 Å². The fourth-order valence-electron chi connectivity index (χ4n) is 5.08. The maximum Gasteiger partial charge on any atom is 0.126 e. The van der Waals surface area contributed by atoms with Gasteiger partial charge in [0, 0.05) is 54.9 Å². The molecule has 31 heavy (non-hydrogen) atoms. The van der Waals surface area contributed by atoms with Gasteiger partial charge in [0.1, 0.15) is 5.82 Å². The molecule has 4 aromatic rings. The summed E-state index contributed by atoms with van der Waals surface area (Å²) in [5.41, 5.74) is 13.9. The average molecular weight is 412 g/mol. The summed E-state index contributed by atoms with van der Waals surface area (Å²) in [6.45, 7) is 3.07. The number of para-hydroxylation sites is 1. The van der Waals surface area contributed by atoms with E-state index in [-0.39, 0.29) is 6.04 Å². The molecule has 5 heterocycles. The number of hydrazine groups is 1. The standard InChI is InChI=1S/C24H25N7/c1-14-5-8-26-12-18(14)20-11-17-21(13-27-20)30-31-23(17)24-28-19-4-2-3-16(22(19)29-24)15-6-9-25-10-7-15/h2-10,12,17,20-21,23,27,30-31H,11,13H2,1H3,(H,28,29). The van der Waals surface area contributed by atoms with E-state index >= 15 is 0 Å². The van der Waals surface area contributed by atoms with Crippen LogP contribution < -0.4 is 16.2 Å². The first kappa shape index (κ1) is 18.6. The third-order valence-electron chi connectivity index (χ3n) is 6.73. The molecule has 4 N–H and O–H groups in total. The Bertz CT molecular complexity index is 1220. The Morgan fingerprint density at radius 3 is 2.71 bits per heavy atom. The molecule has 2 aliphatic heterocycles. The lowest BCUT2D eigenvalue weighted by Crippen LogP contribution is -2.46. The van der Waals surface area contributed by atoms with Gasteiger partial charge in [0.05, 0.1) is 17.1 Å². The number of nitrogens with zero attached hydrogens (tertiary/aromatic N) is 3. The second-order valence-electron chi connectivity index (χ2n) is 8.53. The minimum Gasteiger partial charge on any atom is -0.341 e. The van der Waals surface area contributed by atoms with Crippen molar-refractivity contribution in [3.05, 3.63) is 78.1 Å². The molecule has 0 amide bonds. The van der Waals surface area contributed by atoms with Crippen LogP contribution >= 0.6 is 0 Å². The monoisotopic (exact) mass is 411 g/mol. The van der Waals surface area contributed by atoms with Crippen LogP contribution in [0.15, 0.2) is 61.2 Å². The molecule has 2 aliphatic rings. The van der Waals surface area contributed by atoms with Gasteiger partial charge in [-0.15, -0.1) is 0 Å². The first-order valence-corrected chi connectivity index (χ1v) is 10.8. The minimum atomic E-state index is 0.129. The third-order valence-corrected chi connectivity index (χ3v) is 6.73. The number of imidazole rings is 1. The topological polar surface area (TPSA) is 90.6 Å². The molecular weight excluding hydrogens is 386 g/mol. The van der Waals surface area contributed by atoms with Crippen LogP contribution in [-0.2, 0) is 0 Å². The molecule has 1 aromatic carbocycles. The molecule has 3 aromatic heterocycles. The highest BCUT2D eigenvalue weighted by atomic mass is 15.4. The summed E-state index contributed by atoms with van der Waals surface area (Å²) in [7, 11) is 0. The van der Waals surface area contributed by atoms with E-state index in [9.17, 15) is 0 Å². The molecule has 0 aliphatic carbocycles. The van der Waals surface area contributed by atoms with Gasteiger partial charge in [0.15, 0.2) is 0 Å². The van der Waals surface area contributed by atoms with E-state index in [1.807, 2.05) is 36.9 Å². The normalized spacial score (nSPS) is 25.6. The van der Waals surface area contributed by atoms with Gasteiger partial charge < -0.3 is 10.3 Å². The van der Waals surface area contributed by atoms with Crippen LogP contribution in [0.2, 0.25) is 0 Å². The smallest absolute Gasteiger partial charge is 0.126 e. The molecule has 4 atom stereocenters. The zero-order valence-electron chi connectivity index (χ0n) is 17.3. The summed E-state index contributed by atoms with van der Waals surface area (Å²) in [5, 5.41) is 3.70. The summed E-state index contributed by atoms with van der Waals surface area (Å²) in [6, 6.07) is 13.2. The number of aromatic amines is 1. The van der Waals surface area contributed by atoms with Crippen molar-refractivity contribution in [3.8, 4) is 11.1 Å². The number of hydrogen-bond donors (Lipinski definition) is 4. The van der Waals surface area contributed by atoms with Gasteiger partial charge >= 0.3 is 0 Å². The van der Waals surface area contributed by atoms with E-state index in [0.717, 1.165) is 41.0 Å². The van der Waals surface area contributed by atoms with E-state index in [1.54, 1.807) is 0 Å². The second kappa shape index (κ2) is 7.53. The lowest BCUT2D eigenvalue weighted by atomic mass is 9.82. The van der Waals surface area contributed by atoms with Crippen LogP contribution in [0.3, 0.4) is 0 Å². The lowest BCUT2D eigenvalue weighted by molar-refractivity contribution is 0.263. The molecule has 0 radical (unpaired) electrons. The number of aryl methyl sites for hydroxylation is 1. The van der Waals surface area contributed by atoms with Gasteiger partial charge in [-0.1, -0.05) is 12.1 Å². The van der Waals surface area contributed by atoms with Gasteiger partial charge in [0.25, 0.3) is 0 Å². The highest BCUT2D eigenvalue weighted by Gasteiger charge is 2.42. The Morgan fingerprint density at radius 2 is 1.84 bits per heavy atom. The van der Waals surface area contributed by atoms with Crippen LogP contribution in [0.4, 0.5) is 0 Å². The molecule has 0 spiro atoms. The molecule has 0 bridgehead atoms. The van der Waals surface area contributed by atoms with Crippen LogP contribution in [0.1, 0.15) is 35.5 Å². The van der Waals surface area contributed by atoms with Gasteiger partial charge in [-0.2, -0.15) is 0 Å². The highest BCUT2D eigenvalue weighted by Crippen LogP contribution is 2.39. The number of hydrogen-bond acceptors (Lipinski definition) is 6. The van der Waals surface area contributed by atoms with E-state index in [1.165, 1.54) is 11.1 Å². The summed E-state index contributed by atoms with van der Waals surface area (Å²) in [6.07, 6.45) is 8.53. The number of benzene rings is 1. The number of aromatic nitrogens is 4. The minimum absolute atomic E-state index is 0.129. The van der Waals surface area contributed by atoms with Crippen molar-refractivity contribution in [2.24, 2.45) is 5.92 Å². The molecule has 4 unspecified atom stereocenters. The summed E-state index contributed by atoms with van der Waals surface area (Å²) in [4.78, 5) is 17.2. The van der Waals surface area contributed by atoms with Crippen molar-refractivity contribution in [2.75, 3.05) is 6.54 Å². The molecular formula is C24H25N7. The number of fused-ring (bicyclic) bond motifs is 2. The number of pyridine rings is 2. The number of piperidine rings is 1. The summed E-state index contributed by atoms with van der Waals surface area (Å²) in [5.74, 6) is 1.41. The van der Waals surface area contributed by atoms with Crippen LogP contribution in [-0.4, -0.2) is 32.5 Å². The van der Waals surface area contributed by atoms with Crippen molar-refractivity contribution in [2.45, 2.75) is 31.5 Å². The summed E-state index contributed by atoms with van der Waals surface area (Å²) >= 11 is 0. The van der Waals surface area contributed by atoms with Gasteiger partial charge in [0.2, 0.25) is 0 Å². The van der Waals surface area contributed by atoms with Gasteiger partial charge in [-0.25, -0.2) is 10.4 Å². The zero-order chi connectivity index (χ0) is 20.8. The average Bonchev–Trinajstić information content (AvgIpc) is 3.43. The largest absolute Gasteiger partial charge is 0.341 e. The molecule has 7 nitrogen and oxygen atoms in total. The second-order valence-corrected chi connectivity index (χ2v) is 8.53. The first-order chi connectivity index (χ1) is 15.3.